The summed E-state index contributed by atoms with van der Waals surface area (Å²) in [5.41, 5.74) is 2.04. The van der Waals surface area contributed by atoms with Crippen LogP contribution in [0.5, 0.6) is 0 Å². The normalized spacial score (nSPS) is 15.0. The molecule has 0 fully saturated rings. The van der Waals surface area contributed by atoms with Crippen molar-refractivity contribution >= 4 is 50.3 Å². The van der Waals surface area contributed by atoms with Crippen LogP contribution in [-0.2, 0) is 6.54 Å². The molecule has 1 aromatic heterocycles. The van der Waals surface area contributed by atoms with Crippen molar-refractivity contribution in [3.63, 3.8) is 0 Å². The fraction of sp³-hybridized carbons (Fsp3) is 0.222. The van der Waals surface area contributed by atoms with Gasteiger partial charge in [-0.2, -0.15) is 0 Å². The summed E-state index contributed by atoms with van der Waals surface area (Å²) in [5, 5.41) is 1.80. The minimum Gasteiger partial charge on any atom is -0.318 e. The number of hydrogen-bond acceptors (Lipinski definition) is 2. The zero-order valence-corrected chi connectivity index (χ0v) is 10.3. The number of halogens is 2. The van der Waals surface area contributed by atoms with Crippen LogP contribution in [0.1, 0.15) is 0 Å². The second kappa shape index (κ2) is 3.15. The third-order valence-corrected chi connectivity index (χ3v) is 3.99. The minimum absolute atomic E-state index is 0.719. The smallest absolute Gasteiger partial charge is 0.169 e. The van der Waals surface area contributed by atoms with Crippen LogP contribution >= 0.6 is 39.3 Å². The molecule has 1 aromatic carbocycles. The number of hydrogen-bond donors (Lipinski definition) is 0. The van der Waals surface area contributed by atoms with Crippen LogP contribution in [0.15, 0.2) is 21.8 Å². The first-order valence-corrected chi connectivity index (χ1v) is 6.39. The van der Waals surface area contributed by atoms with E-state index >= 15 is 0 Å². The van der Waals surface area contributed by atoms with Gasteiger partial charge in [-0.3, -0.25) is 0 Å². The standard InChI is InChI=1S/C9H6BrClN2S/c10-5-3-6(11)8-7(4-5)13-1-2-14-9(13)12-8/h3-4H,1-2H2. The van der Waals surface area contributed by atoms with Gasteiger partial charge in [-0.1, -0.05) is 39.3 Å². The quantitative estimate of drug-likeness (QED) is 0.738. The molecule has 0 bridgehead atoms. The van der Waals surface area contributed by atoms with Crippen LogP contribution < -0.4 is 0 Å². The molecule has 0 spiro atoms. The topological polar surface area (TPSA) is 17.8 Å². The first kappa shape index (κ1) is 9.07. The summed E-state index contributed by atoms with van der Waals surface area (Å²) >= 11 is 11.3. The number of fused-ring (bicyclic) bond motifs is 3. The lowest BCUT2D eigenvalue weighted by Crippen LogP contribution is -1.92. The van der Waals surface area contributed by atoms with Gasteiger partial charge in [0.05, 0.1) is 10.5 Å². The Kier molecular flexibility index (Phi) is 2.04. The summed E-state index contributed by atoms with van der Waals surface area (Å²) in [7, 11) is 0. The average Bonchev–Trinajstić information content (AvgIpc) is 2.65. The predicted molar refractivity (Wildman–Crippen MR) is 63.2 cm³/mol. The maximum absolute atomic E-state index is 6.11. The second-order valence-corrected chi connectivity index (χ2v) is 5.53. The SMILES string of the molecule is Clc1cc(Br)cc2c1nc1n2CCS1. The van der Waals surface area contributed by atoms with E-state index in [1.165, 1.54) is 0 Å². The highest BCUT2D eigenvalue weighted by molar-refractivity contribution is 9.10. The van der Waals surface area contributed by atoms with Gasteiger partial charge in [0.15, 0.2) is 5.16 Å². The summed E-state index contributed by atoms with van der Waals surface area (Å²) in [4.78, 5) is 4.51. The van der Waals surface area contributed by atoms with E-state index in [-0.39, 0.29) is 0 Å². The predicted octanol–water partition coefficient (Wildman–Crippen LogP) is 3.56. The molecule has 0 unspecified atom stereocenters. The van der Waals surface area contributed by atoms with Gasteiger partial charge < -0.3 is 4.57 Å². The lowest BCUT2D eigenvalue weighted by Gasteiger charge is -1.99. The lowest BCUT2D eigenvalue weighted by atomic mass is 10.3. The third kappa shape index (κ3) is 1.21. The fourth-order valence-corrected chi connectivity index (χ4v) is 3.47. The van der Waals surface area contributed by atoms with E-state index in [2.05, 4.69) is 31.5 Å². The maximum atomic E-state index is 6.11. The number of aryl methyl sites for hydroxylation is 1. The van der Waals surface area contributed by atoms with E-state index in [4.69, 9.17) is 11.6 Å². The monoisotopic (exact) mass is 288 g/mol. The number of thioether (sulfide) groups is 1. The van der Waals surface area contributed by atoms with Crippen molar-refractivity contribution in [2.24, 2.45) is 0 Å². The number of rotatable bonds is 0. The summed E-state index contributed by atoms with van der Waals surface area (Å²) in [5.74, 6) is 1.11. The molecule has 0 atom stereocenters. The number of benzene rings is 1. The van der Waals surface area contributed by atoms with Crippen LogP contribution in [-0.4, -0.2) is 15.3 Å². The molecule has 3 rings (SSSR count). The van der Waals surface area contributed by atoms with Crippen LogP contribution in [0.2, 0.25) is 5.02 Å². The van der Waals surface area contributed by atoms with Crippen LogP contribution in [0.3, 0.4) is 0 Å². The van der Waals surface area contributed by atoms with Crippen LogP contribution in [0, 0.1) is 0 Å². The number of imidazole rings is 1. The first-order valence-electron chi connectivity index (χ1n) is 4.24. The molecule has 0 saturated carbocycles. The Labute approximate surface area is 98.8 Å². The molecule has 0 saturated heterocycles. The highest BCUT2D eigenvalue weighted by Gasteiger charge is 2.18. The fourth-order valence-electron chi connectivity index (χ4n) is 1.68. The number of nitrogens with zero attached hydrogens (tertiary/aromatic N) is 2. The molecule has 2 nitrogen and oxygen atoms in total. The third-order valence-electron chi connectivity index (χ3n) is 2.28. The van der Waals surface area contributed by atoms with E-state index in [0.717, 1.165) is 38.0 Å². The van der Waals surface area contributed by atoms with Crippen molar-refractivity contribution in [3.05, 3.63) is 21.6 Å². The summed E-state index contributed by atoms with van der Waals surface area (Å²) in [6.07, 6.45) is 0. The Balaban J connectivity index is 2.43. The Bertz CT molecular complexity index is 523. The molecule has 0 N–H and O–H groups in total. The van der Waals surface area contributed by atoms with Crippen LogP contribution in [0.25, 0.3) is 11.0 Å². The van der Waals surface area contributed by atoms with E-state index in [1.54, 1.807) is 11.8 Å². The zero-order chi connectivity index (χ0) is 9.71. The van der Waals surface area contributed by atoms with Gasteiger partial charge in [-0.25, -0.2) is 4.98 Å². The highest BCUT2D eigenvalue weighted by atomic mass is 79.9. The van der Waals surface area contributed by atoms with Gasteiger partial charge in [-0.15, -0.1) is 0 Å². The van der Waals surface area contributed by atoms with E-state index < -0.39 is 0 Å². The molecule has 0 amide bonds. The second-order valence-electron chi connectivity index (χ2n) is 3.15. The largest absolute Gasteiger partial charge is 0.318 e. The summed E-state index contributed by atoms with van der Waals surface area (Å²) in [6, 6.07) is 3.96. The van der Waals surface area contributed by atoms with Gasteiger partial charge in [0.2, 0.25) is 0 Å². The molecule has 1 aliphatic rings. The van der Waals surface area contributed by atoms with Crippen molar-refractivity contribution in [2.45, 2.75) is 11.7 Å². The zero-order valence-electron chi connectivity index (χ0n) is 7.13. The van der Waals surface area contributed by atoms with Crippen molar-refractivity contribution in [2.75, 3.05) is 5.75 Å². The average molecular weight is 290 g/mol. The van der Waals surface area contributed by atoms with Crippen molar-refractivity contribution in [3.8, 4) is 0 Å². The first-order chi connectivity index (χ1) is 6.75. The van der Waals surface area contributed by atoms with Gasteiger partial charge in [0.1, 0.15) is 5.52 Å². The molecule has 14 heavy (non-hydrogen) atoms. The molecule has 2 aromatic rings. The van der Waals surface area contributed by atoms with Gasteiger partial charge in [0, 0.05) is 16.8 Å². The van der Waals surface area contributed by atoms with Crippen molar-refractivity contribution in [1.29, 1.82) is 0 Å². The molecule has 72 valence electrons. The van der Waals surface area contributed by atoms with Crippen molar-refractivity contribution in [1.82, 2.24) is 9.55 Å². The van der Waals surface area contributed by atoms with Gasteiger partial charge in [-0.05, 0) is 12.1 Å². The van der Waals surface area contributed by atoms with E-state index in [1.807, 2.05) is 6.07 Å². The molecular formula is C9H6BrClN2S. The van der Waals surface area contributed by atoms with Gasteiger partial charge in [0.25, 0.3) is 0 Å². The molecule has 0 aliphatic carbocycles. The molecule has 5 heteroatoms. The number of aromatic nitrogens is 2. The molecular weight excluding hydrogens is 284 g/mol. The minimum atomic E-state index is 0.719. The molecule has 2 heterocycles. The molecule has 1 aliphatic heterocycles. The maximum Gasteiger partial charge on any atom is 0.169 e. The van der Waals surface area contributed by atoms with E-state index in [9.17, 15) is 0 Å². The van der Waals surface area contributed by atoms with Gasteiger partial charge >= 0.3 is 0 Å². The van der Waals surface area contributed by atoms with Crippen molar-refractivity contribution < 1.29 is 0 Å². The Morgan fingerprint density at radius 2 is 2.36 bits per heavy atom. The highest BCUT2D eigenvalue weighted by Crippen LogP contribution is 2.34. The Hall–Kier alpha value is -0.190. The summed E-state index contributed by atoms with van der Waals surface area (Å²) < 4.78 is 3.23. The Morgan fingerprint density at radius 3 is 3.21 bits per heavy atom. The molecule has 0 radical (unpaired) electrons. The summed E-state index contributed by atoms with van der Waals surface area (Å²) in [6.45, 7) is 1.03. The van der Waals surface area contributed by atoms with E-state index in [0.29, 0.717) is 0 Å². The Morgan fingerprint density at radius 1 is 1.50 bits per heavy atom. The lowest BCUT2D eigenvalue weighted by molar-refractivity contribution is 0.743. The van der Waals surface area contributed by atoms with Crippen LogP contribution in [0.4, 0.5) is 0 Å².